The molecule has 2 aromatic heterocycles. The lowest BCUT2D eigenvalue weighted by Crippen LogP contribution is -1.98. The second-order valence-electron chi connectivity index (χ2n) is 4.63. The Bertz CT molecular complexity index is 823. The van der Waals surface area contributed by atoms with Crippen molar-refractivity contribution in [2.24, 2.45) is 0 Å². The second kappa shape index (κ2) is 4.86. The summed E-state index contributed by atoms with van der Waals surface area (Å²) in [5.74, 6) is 0.387. The largest absolute Gasteiger partial charge is 0.382 e. The van der Waals surface area contributed by atoms with Crippen LogP contribution in [0.1, 0.15) is 12.5 Å². The van der Waals surface area contributed by atoms with Crippen molar-refractivity contribution in [3.05, 3.63) is 52.5 Å². The Morgan fingerprint density at radius 3 is 2.67 bits per heavy atom. The van der Waals surface area contributed by atoms with E-state index >= 15 is 0 Å². The normalized spacial score (nSPS) is 10.9. The minimum atomic E-state index is -0.417. The molecule has 2 N–H and O–H groups in total. The Kier molecular flexibility index (Phi) is 3.02. The van der Waals surface area contributed by atoms with Crippen LogP contribution in [0.4, 0.5) is 11.5 Å². The van der Waals surface area contributed by atoms with Crippen molar-refractivity contribution in [2.75, 3.05) is 5.73 Å². The van der Waals surface area contributed by atoms with Gasteiger partial charge in [-0.15, -0.1) is 0 Å². The minimum absolute atomic E-state index is 0.0598. The zero-order chi connectivity index (χ0) is 15.0. The number of nitrogens with zero attached hydrogens (tertiary/aromatic N) is 4. The highest BCUT2D eigenvalue weighted by atomic mass is 16.6. The third kappa shape index (κ3) is 2.08. The number of benzene rings is 1. The number of anilines is 1. The number of hydrogen-bond donors (Lipinski definition) is 1. The first-order chi connectivity index (χ1) is 10.1. The summed E-state index contributed by atoms with van der Waals surface area (Å²) in [4.78, 5) is 14.4. The van der Waals surface area contributed by atoms with Gasteiger partial charge in [0, 0.05) is 23.9 Å². The van der Waals surface area contributed by atoms with Crippen molar-refractivity contribution in [1.29, 1.82) is 0 Å². The van der Waals surface area contributed by atoms with Crippen LogP contribution < -0.4 is 5.73 Å². The SMILES string of the molecule is CCc1cn2ncnc(N)c2c1-c1ccc([N+](=O)[O-])cc1. The molecule has 3 rings (SSSR count). The second-order valence-corrected chi connectivity index (χ2v) is 4.63. The van der Waals surface area contributed by atoms with E-state index in [4.69, 9.17) is 5.73 Å². The topological polar surface area (TPSA) is 99.3 Å². The van der Waals surface area contributed by atoms with Gasteiger partial charge in [-0.1, -0.05) is 6.92 Å². The molecule has 0 aliphatic rings. The van der Waals surface area contributed by atoms with Crippen molar-refractivity contribution in [2.45, 2.75) is 13.3 Å². The summed E-state index contributed by atoms with van der Waals surface area (Å²) in [5, 5.41) is 14.9. The first-order valence-corrected chi connectivity index (χ1v) is 6.47. The lowest BCUT2D eigenvalue weighted by Gasteiger charge is -2.04. The molecular formula is C14H13N5O2. The maximum atomic E-state index is 10.7. The highest BCUT2D eigenvalue weighted by Gasteiger charge is 2.16. The third-order valence-corrected chi connectivity index (χ3v) is 3.43. The van der Waals surface area contributed by atoms with E-state index in [-0.39, 0.29) is 5.69 Å². The van der Waals surface area contributed by atoms with Gasteiger partial charge in [-0.2, -0.15) is 5.10 Å². The van der Waals surface area contributed by atoms with Gasteiger partial charge in [-0.25, -0.2) is 9.50 Å². The van der Waals surface area contributed by atoms with Gasteiger partial charge in [-0.3, -0.25) is 10.1 Å². The van der Waals surface area contributed by atoms with Crippen LogP contribution in [0.2, 0.25) is 0 Å². The monoisotopic (exact) mass is 283 g/mol. The molecule has 0 aliphatic carbocycles. The van der Waals surface area contributed by atoms with Crippen LogP contribution in [0.25, 0.3) is 16.6 Å². The summed E-state index contributed by atoms with van der Waals surface area (Å²) in [6.07, 6.45) is 4.11. The molecule has 0 radical (unpaired) electrons. The number of rotatable bonds is 3. The van der Waals surface area contributed by atoms with Crippen LogP contribution in [0.15, 0.2) is 36.8 Å². The Morgan fingerprint density at radius 2 is 2.05 bits per heavy atom. The van der Waals surface area contributed by atoms with E-state index in [1.54, 1.807) is 16.6 Å². The molecule has 3 aromatic rings. The lowest BCUT2D eigenvalue weighted by atomic mass is 10.0. The molecular weight excluding hydrogens is 270 g/mol. The average Bonchev–Trinajstić information content (AvgIpc) is 2.87. The smallest absolute Gasteiger partial charge is 0.269 e. The summed E-state index contributed by atoms with van der Waals surface area (Å²) in [5.41, 5.74) is 9.60. The van der Waals surface area contributed by atoms with Crippen molar-refractivity contribution < 1.29 is 4.92 Å². The van der Waals surface area contributed by atoms with Gasteiger partial charge in [-0.05, 0) is 29.7 Å². The standard InChI is InChI=1S/C14H13N5O2/c1-2-9-7-18-13(14(15)16-8-17-18)12(9)10-3-5-11(6-4-10)19(20)21/h3-8H,2H2,1H3,(H2,15,16,17). The average molecular weight is 283 g/mol. The van der Waals surface area contributed by atoms with Gasteiger partial charge >= 0.3 is 0 Å². The molecule has 2 heterocycles. The first-order valence-electron chi connectivity index (χ1n) is 6.47. The van der Waals surface area contributed by atoms with E-state index in [0.717, 1.165) is 28.6 Å². The van der Waals surface area contributed by atoms with Gasteiger partial charge < -0.3 is 5.73 Å². The van der Waals surface area contributed by atoms with Crippen LogP contribution in [-0.4, -0.2) is 19.5 Å². The number of nitro groups is 1. The summed E-state index contributed by atoms with van der Waals surface area (Å²) >= 11 is 0. The number of hydrogen-bond acceptors (Lipinski definition) is 5. The van der Waals surface area contributed by atoms with Crippen LogP contribution in [0, 0.1) is 10.1 Å². The number of non-ortho nitro benzene ring substituents is 1. The number of nitrogen functional groups attached to an aromatic ring is 1. The van der Waals surface area contributed by atoms with E-state index in [9.17, 15) is 10.1 Å². The number of nitrogens with two attached hydrogens (primary N) is 1. The molecule has 0 amide bonds. The number of fused-ring (bicyclic) bond motifs is 1. The van der Waals surface area contributed by atoms with Gasteiger partial charge in [0.2, 0.25) is 0 Å². The van der Waals surface area contributed by atoms with E-state index in [1.807, 2.05) is 13.1 Å². The molecule has 0 atom stereocenters. The maximum Gasteiger partial charge on any atom is 0.269 e. The predicted molar refractivity (Wildman–Crippen MR) is 78.9 cm³/mol. The molecule has 21 heavy (non-hydrogen) atoms. The molecule has 106 valence electrons. The maximum absolute atomic E-state index is 10.7. The molecule has 0 aliphatic heterocycles. The highest BCUT2D eigenvalue weighted by molar-refractivity contribution is 5.90. The number of aryl methyl sites for hydroxylation is 1. The predicted octanol–water partition coefficient (Wildman–Crippen LogP) is 2.45. The third-order valence-electron chi connectivity index (χ3n) is 3.43. The molecule has 7 heteroatoms. The molecule has 0 fully saturated rings. The summed E-state index contributed by atoms with van der Waals surface area (Å²) in [7, 11) is 0. The molecule has 1 aromatic carbocycles. The summed E-state index contributed by atoms with van der Waals surface area (Å²) < 4.78 is 1.69. The zero-order valence-corrected chi connectivity index (χ0v) is 11.4. The van der Waals surface area contributed by atoms with Crippen molar-refractivity contribution in [1.82, 2.24) is 14.6 Å². The zero-order valence-electron chi connectivity index (χ0n) is 11.4. The first kappa shape index (κ1) is 13.0. The van der Waals surface area contributed by atoms with Crippen LogP contribution >= 0.6 is 0 Å². The number of nitro benzene ring substituents is 1. The van der Waals surface area contributed by atoms with Crippen molar-refractivity contribution >= 4 is 17.0 Å². The summed E-state index contributed by atoms with van der Waals surface area (Å²) in [6, 6.07) is 6.41. The fourth-order valence-corrected chi connectivity index (χ4v) is 2.42. The Balaban J connectivity index is 2.25. The Hall–Kier alpha value is -2.96. The minimum Gasteiger partial charge on any atom is -0.382 e. The molecule has 0 bridgehead atoms. The van der Waals surface area contributed by atoms with Gasteiger partial charge in [0.05, 0.1) is 4.92 Å². The fraction of sp³-hybridized carbons (Fsp3) is 0.143. The fourth-order valence-electron chi connectivity index (χ4n) is 2.42. The Morgan fingerprint density at radius 1 is 1.33 bits per heavy atom. The molecule has 0 spiro atoms. The molecule has 0 saturated carbocycles. The van der Waals surface area contributed by atoms with Crippen molar-refractivity contribution in [3.63, 3.8) is 0 Å². The quantitative estimate of drug-likeness (QED) is 0.588. The van der Waals surface area contributed by atoms with Crippen molar-refractivity contribution in [3.8, 4) is 11.1 Å². The molecule has 0 unspecified atom stereocenters. The number of aromatic nitrogens is 3. The van der Waals surface area contributed by atoms with E-state index < -0.39 is 4.92 Å². The van der Waals surface area contributed by atoms with E-state index in [0.29, 0.717) is 5.82 Å². The van der Waals surface area contributed by atoms with Gasteiger partial charge in [0.25, 0.3) is 5.69 Å². The van der Waals surface area contributed by atoms with Gasteiger partial charge in [0.15, 0.2) is 5.82 Å². The van der Waals surface area contributed by atoms with Crippen LogP contribution in [0.5, 0.6) is 0 Å². The van der Waals surface area contributed by atoms with Crippen LogP contribution in [-0.2, 0) is 6.42 Å². The molecule has 0 saturated heterocycles. The van der Waals surface area contributed by atoms with Gasteiger partial charge in [0.1, 0.15) is 11.8 Å². The Labute approximate surface area is 120 Å². The lowest BCUT2D eigenvalue weighted by molar-refractivity contribution is -0.384. The molecule has 7 nitrogen and oxygen atoms in total. The summed E-state index contributed by atoms with van der Waals surface area (Å²) in [6.45, 7) is 2.04. The van der Waals surface area contributed by atoms with E-state index in [1.165, 1.54) is 18.5 Å². The van der Waals surface area contributed by atoms with E-state index in [2.05, 4.69) is 10.1 Å². The highest BCUT2D eigenvalue weighted by Crippen LogP contribution is 2.33. The van der Waals surface area contributed by atoms with Crippen LogP contribution in [0.3, 0.4) is 0 Å².